The smallest absolute Gasteiger partial charge is 0.462 e. The van der Waals surface area contributed by atoms with Gasteiger partial charge >= 0.3 is 19.8 Å². The summed E-state index contributed by atoms with van der Waals surface area (Å²) in [6, 6.07) is 0. The Morgan fingerprint density at radius 2 is 0.944 bits per heavy atom. The van der Waals surface area contributed by atoms with Crippen molar-refractivity contribution in [3.63, 3.8) is 0 Å². The molecule has 0 fully saturated rings. The average molecular weight is 789 g/mol. The van der Waals surface area contributed by atoms with Crippen molar-refractivity contribution in [2.24, 2.45) is 0 Å². The number of hydrogen-bond donors (Lipinski definition) is 1. The Morgan fingerprint density at radius 3 is 1.37 bits per heavy atom. The molecule has 0 aliphatic heterocycles. The molecule has 0 heterocycles. The summed E-state index contributed by atoms with van der Waals surface area (Å²) in [4.78, 5) is 35.3. The summed E-state index contributed by atoms with van der Waals surface area (Å²) in [6.07, 6.45) is 38.2. The summed E-state index contributed by atoms with van der Waals surface area (Å²) in [5.74, 6) is -0.798. The minimum Gasteiger partial charge on any atom is -0.462 e. The number of carbonyl (C=O) groups excluding carboxylic acids is 2. The number of phosphoric acid groups is 1. The molecule has 0 aromatic carbocycles. The molecule has 0 saturated carbocycles. The first-order valence-corrected chi connectivity index (χ1v) is 23.9. The molecule has 0 amide bonds. The molecule has 0 radical (unpaired) electrons. The number of hydrogen-bond acceptors (Lipinski definition) is 7. The van der Waals surface area contributed by atoms with E-state index in [1.165, 1.54) is 122 Å². The predicted octanol–water partition coefficient (Wildman–Crippen LogP) is 12.6. The van der Waals surface area contributed by atoms with E-state index in [2.05, 4.69) is 26.0 Å². The van der Waals surface area contributed by atoms with Crippen molar-refractivity contribution >= 4 is 19.8 Å². The van der Waals surface area contributed by atoms with Gasteiger partial charge in [-0.3, -0.25) is 18.6 Å². The molecule has 0 saturated heterocycles. The lowest BCUT2D eigenvalue weighted by Gasteiger charge is -2.24. The minimum absolute atomic E-state index is 0.0332. The Balaban J connectivity index is 4.34. The predicted molar refractivity (Wildman–Crippen MR) is 224 cm³/mol. The highest BCUT2D eigenvalue weighted by Crippen LogP contribution is 2.43. The molecule has 0 bridgehead atoms. The van der Waals surface area contributed by atoms with Crippen LogP contribution in [0.3, 0.4) is 0 Å². The van der Waals surface area contributed by atoms with E-state index in [0.717, 1.165) is 51.4 Å². The fraction of sp³-hybridized carbons (Fsp3) is 0.909. The number of carbonyl (C=O) groups is 2. The fourth-order valence-electron chi connectivity index (χ4n) is 6.24. The van der Waals surface area contributed by atoms with Gasteiger partial charge in [-0.15, -0.1) is 0 Å². The summed E-state index contributed by atoms with van der Waals surface area (Å²) < 4.78 is 34.3. The number of unbranched alkanes of at least 4 members (excludes halogenated alkanes) is 25. The van der Waals surface area contributed by atoms with Crippen molar-refractivity contribution < 1.29 is 42.1 Å². The Kier molecular flexibility index (Phi) is 36.5. The van der Waals surface area contributed by atoms with Gasteiger partial charge in [0, 0.05) is 12.8 Å². The minimum atomic E-state index is -4.37. The van der Waals surface area contributed by atoms with Crippen LogP contribution in [0.2, 0.25) is 0 Å². The van der Waals surface area contributed by atoms with E-state index in [0.29, 0.717) is 23.9 Å². The molecular weight excluding hydrogens is 701 g/mol. The van der Waals surface area contributed by atoms with Crippen LogP contribution in [0.25, 0.3) is 0 Å². The zero-order chi connectivity index (χ0) is 40.0. The summed E-state index contributed by atoms with van der Waals surface area (Å²) in [5, 5.41) is 0. The van der Waals surface area contributed by atoms with Crippen LogP contribution in [-0.2, 0) is 32.7 Å². The van der Waals surface area contributed by atoms with E-state index in [-0.39, 0.29) is 25.6 Å². The van der Waals surface area contributed by atoms with E-state index in [4.69, 9.17) is 18.5 Å². The Labute approximate surface area is 333 Å². The zero-order valence-electron chi connectivity index (χ0n) is 36.0. The van der Waals surface area contributed by atoms with Crippen molar-refractivity contribution in [2.75, 3.05) is 47.5 Å². The van der Waals surface area contributed by atoms with Crippen LogP contribution in [0.15, 0.2) is 12.2 Å². The SMILES string of the molecule is CCCCCCCC/C=C\CCCCCCCC(=O)O[C@@H](COC(=O)CCCCCCCCCCCCCCCCC)COP(=O)(O)OCC[N+](C)(C)C. The van der Waals surface area contributed by atoms with E-state index in [1.807, 2.05) is 21.1 Å². The molecule has 0 aromatic heterocycles. The van der Waals surface area contributed by atoms with Crippen LogP contribution >= 0.6 is 7.82 Å². The first-order chi connectivity index (χ1) is 26.0. The van der Waals surface area contributed by atoms with Crippen molar-refractivity contribution in [3.05, 3.63) is 12.2 Å². The van der Waals surface area contributed by atoms with Crippen molar-refractivity contribution in [1.29, 1.82) is 0 Å². The molecule has 1 N–H and O–H groups in total. The fourth-order valence-corrected chi connectivity index (χ4v) is 6.99. The van der Waals surface area contributed by atoms with Gasteiger partial charge in [-0.05, 0) is 38.5 Å². The van der Waals surface area contributed by atoms with Crippen molar-refractivity contribution in [1.82, 2.24) is 0 Å². The highest BCUT2D eigenvalue weighted by atomic mass is 31.2. The van der Waals surface area contributed by atoms with E-state index < -0.39 is 26.5 Å². The molecule has 0 aromatic rings. The van der Waals surface area contributed by atoms with E-state index in [1.54, 1.807) is 0 Å². The van der Waals surface area contributed by atoms with E-state index >= 15 is 0 Å². The monoisotopic (exact) mass is 789 g/mol. The quantitative estimate of drug-likeness (QED) is 0.0214. The molecule has 1 unspecified atom stereocenters. The highest BCUT2D eigenvalue weighted by molar-refractivity contribution is 7.47. The Morgan fingerprint density at radius 1 is 0.556 bits per heavy atom. The molecule has 0 rings (SSSR count). The van der Waals surface area contributed by atoms with Crippen LogP contribution in [0, 0.1) is 0 Å². The summed E-state index contributed by atoms with van der Waals surface area (Å²) in [7, 11) is 1.48. The summed E-state index contributed by atoms with van der Waals surface area (Å²) in [5.41, 5.74) is 0. The van der Waals surface area contributed by atoms with Gasteiger partial charge in [-0.25, -0.2) is 4.57 Å². The van der Waals surface area contributed by atoms with Crippen LogP contribution in [-0.4, -0.2) is 74.9 Å². The molecule has 10 heteroatoms. The maximum absolute atomic E-state index is 12.7. The average Bonchev–Trinajstić information content (AvgIpc) is 3.12. The number of rotatable bonds is 41. The molecule has 9 nitrogen and oxygen atoms in total. The highest BCUT2D eigenvalue weighted by Gasteiger charge is 2.27. The summed E-state index contributed by atoms with van der Waals surface area (Å²) in [6.45, 7) is 4.43. The number of nitrogens with zero attached hydrogens (tertiary/aromatic N) is 1. The van der Waals surface area contributed by atoms with Gasteiger partial charge in [-0.1, -0.05) is 167 Å². The molecule has 54 heavy (non-hydrogen) atoms. The van der Waals surface area contributed by atoms with Crippen LogP contribution < -0.4 is 0 Å². The van der Waals surface area contributed by atoms with Gasteiger partial charge < -0.3 is 18.9 Å². The van der Waals surface area contributed by atoms with Crippen LogP contribution in [0.1, 0.15) is 206 Å². The zero-order valence-corrected chi connectivity index (χ0v) is 36.9. The normalized spacial score (nSPS) is 13.7. The largest absolute Gasteiger partial charge is 0.472 e. The molecule has 0 spiro atoms. The van der Waals surface area contributed by atoms with Crippen LogP contribution in [0.5, 0.6) is 0 Å². The number of ether oxygens (including phenoxy) is 2. The molecule has 0 aliphatic carbocycles. The third-order valence-electron chi connectivity index (χ3n) is 9.80. The third-order valence-corrected chi connectivity index (χ3v) is 10.8. The van der Waals surface area contributed by atoms with Crippen molar-refractivity contribution in [3.8, 4) is 0 Å². The molecule has 0 aliphatic rings. The first-order valence-electron chi connectivity index (χ1n) is 22.4. The number of quaternary nitrogens is 1. The summed E-state index contributed by atoms with van der Waals surface area (Å²) >= 11 is 0. The lowest BCUT2D eigenvalue weighted by molar-refractivity contribution is -0.870. The van der Waals surface area contributed by atoms with Crippen molar-refractivity contribution in [2.45, 2.75) is 213 Å². The van der Waals surface area contributed by atoms with E-state index in [9.17, 15) is 19.0 Å². The standard InChI is InChI=1S/C44H86NO8P/c1-6-8-10-12-14-16-18-20-22-24-26-28-30-32-34-36-43(46)50-40-42(41-52-54(48,49)51-39-38-45(3,4)5)53-44(47)37-35-33-31-29-27-25-23-21-19-17-15-13-11-9-7-2/h21,23,42H,6-20,22,24-41H2,1-5H3/p+1/b23-21-/t42-/m0/s1. The maximum Gasteiger partial charge on any atom is 0.472 e. The molecular formula is C44H87NO8P+. The lowest BCUT2D eigenvalue weighted by atomic mass is 10.0. The third kappa shape index (κ3) is 40.4. The number of phosphoric ester groups is 1. The van der Waals surface area contributed by atoms with Crippen LogP contribution in [0.4, 0.5) is 0 Å². The maximum atomic E-state index is 12.7. The number of likely N-dealkylation sites (N-methyl/N-ethyl adjacent to an activating group) is 1. The van der Waals surface area contributed by atoms with Gasteiger partial charge in [-0.2, -0.15) is 0 Å². The molecule has 320 valence electrons. The van der Waals surface area contributed by atoms with Gasteiger partial charge in [0.1, 0.15) is 19.8 Å². The topological polar surface area (TPSA) is 108 Å². The molecule has 2 atom stereocenters. The second kappa shape index (κ2) is 37.3. The van der Waals surface area contributed by atoms with Gasteiger partial charge in [0.05, 0.1) is 27.7 Å². The van der Waals surface area contributed by atoms with Gasteiger partial charge in [0.2, 0.25) is 0 Å². The second-order valence-corrected chi connectivity index (χ2v) is 17.9. The Bertz CT molecular complexity index is 938. The number of allylic oxidation sites excluding steroid dienone is 2. The lowest BCUT2D eigenvalue weighted by Crippen LogP contribution is -2.37. The van der Waals surface area contributed by atoms with Gasteiger partial charge in [0.15, 0.2) is 6.10 Å². The Hall–Kier alpha value is -1.25. The second-order valence-electron chi connectivity index (χ2n) is 16.4. The first kappa shape index (κ1) is 52.8. The van der Waals surface area contributed by atoms with Gasteiger partial charge in [0.25, 0.3) is 0 Å². The number of esters is 2.